The van der Waals surface area contributed by atoms with Gasteiger partial charge in [-0.05, 0) is 113 Å². The maximum atomic E-state index is 2.47. The van der Waals surface area contributed by atoms with E-state index in [0.29, 0.717) is 0 Å². The van der Waals surface area contributed by atoms with Crippen LogP contribution in [0.3, 0.4) is 0 Å². The van der Waals surface area contributed by atoms with Gasteiger partial charge in [0.2, 0.25) is 0 Å². The van der Waals surface area contributed by atoms with Crippen molar-refractivity contribution in [3.63, 3.8) is 0 Å². The Bertz CT molecular complexity index is 3070. The summed E-state index contributed by atoms with van der Waals surface area (Å²) in [5.41, 5.74) is 12.0. The van der Waals surface area contributed by atoms with Crippen molar-refractivity contribution in [1.29, 1.82) is 0 Å². The zero-order valence-corrected chi connectivity index (χ0v) is 32.2. The summed E-state index contributed by atoms with van der Waals surface area (Å²) in [6.07, 6.45) is 0. The maximum absolute atomic E-state index is 2.47. The highest BCUT2D eigenvalue weighted by Gasteiger charge is 2.39. The number of anilines is 6. The monoisotopic (exact) mass is 740 g/mol. The van der Waals surface area contributed by atoms with Crippen LogP contribution in [0.25, 0.3) is 51.5 Å². The first-order chi connectivity index (χ1) is 27.0. The molecule has 8 aromatic carbocycles. The van der Waals surface area contributed by atoms with E-state index in [2.05, 4.69) is 206 Å². The van der Waals surface area contributed by atoms with Crippen molar-refractivity contribution in [2.24, 2.45) is 0 Å². The van der Waals surface area contributed by atoms with E-state index in [-0.39, 0.29) is 5.41 Å². The molecule has 1 aliphatic rings. The van der Waals surface area contributed by atoms with E-state index < -0.39 is 0 Å². The Balaban J connectivity index is 1.04. The standard InChI is InChI=1S/C51H36N2S2/c1-51(2)42-31-34(23-27-43(42)53(36-15-7-4-8-16-36)44-28-30-48-49(50(44)51)40-18-10-12-20-46(40)55-48)33-21-24-37(25-22-33)52(35-13-5-3-6-14-35)38-26-29-47-41(32-38)39-17-9-11-19-45(39)54-47/h3-32H,1-2H3. The predicted molar refractivity (Wildman–Crippen MR) is 239 cm³/mol. The van der Waals surface area contributed by atoms with Crippen LogP contribution >= 0.6 is 22.7 Å². The van der Waals surface area contributed by atoms with Crippen LogP contribution in [0.15, 0.2) is 182 Å². The second kappa shape index (κ2) is 12.4. The Morgan fingerprint density at radius 2 is 1.00 bits per heavy atom. The molecule has 55 heavy (non-hydrogen) atoms. The highest BCUT2D eigenvalue weighted by Crippen LogP contribution is 2.56. The lowest BCUT2D eigenvalue weighted by Crippen LogP contribution is -2.31. The number of fused-ring (bicyclic) bond motifs is 9. The van der Waals surface area contributed by atoms with Gasteiger partial charge in [0.25, 0.3) is 0 Å². The van der Waals surface area contributed by atoms with Gasteiger partial charge in [-0.15, -0.1) is 22.7 Å². The van der Waals surface area contributed by atoms with Crippen molar-refractivity contribution >= 4 is 97.1 Å². The third kappa shape index (κ3) is 5.06. The number of rotatable bonds is 5. The van der Waals surface area contributed by atoms with Crippen molar-refractivity contribution in [2.45, 2.75) is 19.3 Å². The van der Waals surface area contributed by atoms with E-state index >= 15 is 0 Å². The molecule has 0 spiro atoms. The van der Waals surface area contributed by atoms with Crippen LogP contribution in [0, 0.1) is 0 Å². The average Bonchev–Trinajstić information content (AvgIpc) is 3.80. The zero-order chi connectivity index (χ0) is 36.7. The smallest absolute Gasteiger partial charge is 0.0509 e. The van der Waals surface area contributed by atoms with Gasteiger partial charge in [0.15, 0.2) is 0 Å². The molecular weight excluding hydrogens is 705 g/mol. The fourth-order valence-corrected chi connectivity index (χ4v) is 11.0. The summed E-state index contributed by atoms with van der Waals surface area (Å²) in [6.45, 7) is 4.83. The number of hydrogen-bond donors (Lipinski definition) is 0. The zero-order valence-electron chi connectivity index (χ0n) is 30.5. The van der Waals surface area contributed by atoms with E-state index in [0.717, 1.165) is 17.1 Å². The number of nitrogens with zero attached hydrogens (tertiary/aromatic N) is 2. The first-order valence-corrected chi connectivity index (χ1v) is 20.5. The summed E-state index contributed by atoms with van der Waals surface area (Å²) < 4.78 is 5.30. The molecule has 0 amide bonds. The highest BCUT2D eigenvalue weighted by atomic mass is 32.1. The lowest BCUT2D eigenvalue weighted by atomic mass is 9.71. The Morgan fingerprint density at radius 3 is 1.78 bits per heavy atom. The van der Waals surface area contributed by atoms with Gasteiger partial charge in [-0.1, -0.05) is 105 Å². The van der Waals surface area contributed by atoms with Gasteiger partial charge in [-0.25, -0.2) is 0 Å². The minimum Gasteiger partial charge on any atom is -0.310 e. The van der Waals surface area contributed by atoms with Gasteiger partial charge in [-0.3, -0.25) is 0 Å². The lowest BCUT2D eigenvalue weighted by molar-refractivity contribution is 0.639. The SMILES string of the molecule is CC1(C)c2cc(-c3ccc(N(c4ccccc4)c4ccc5sc6ccccc6c5c4)cc3)ccc2N(c2ccccc2)c2ccc3sc4ccccc4c3c21. The minimum absolute atomic E-state index is 0.246. The Hall–Kier alpha value is -6.20. The van der Waals surface area contributed by atoms with E-state index in [1.165, 1.54) is 79.7 Å². The number of hydrogen-bond acceptors (Lipinski definition) is 4. The second-order valence-electron chi connectivity index (χ2n) is 15.0. The molecule has 2 nitrogen and oxygen atoms in total. The maximum Gasteiger partial charge on any atom is 0.0509 e. The molecule has 11 rings (SSSR count). The second-order valence-corrected chi connectivity index (χ2v) is 17.1. The van der Waals surface area contributed by atoms with Crippen molar-refractivity contribution in [2.75, 3.05) is 9.80 Å². The summed E-state index contributed by atoms with van der Waals surface area (Å²) in [7, 11) is 0. The Kier molecular flexibility index (Phi) is 7.28. The molecule has 0 atom stereocenters. The first kappa shape index (κ1) is 32.2. The number of thiophene rings is 2. The van der Waals surface area contributed by atoms with Gasteiger partial charge in [0.05, 0.1) is 11.4 Å². The third-order valence-electron chi connectivity index (χ3n) is 11.4. The van der Waals surface area contributed by atoms with Crippen LogP contribution in [-0.4, -0.2) is 0 Å². The van der Waals surface area contributed by atoms with Gasteiger partial charge >= 0.3 is 0 Å². The topological polar surface area (TPSA) is 6.48 Å². The molecule has 262 valence electrons. The molecule has 0 fully saturated rings. The molecule has 0 N–H and O–H groups in total. The van der Waals surface area contributed by atoms with Crippen LogP contribution in [0.1, 0.15) is 25.0 Å². The van der Waals surface area contributed by atoms with Gasteiger partial charge in [0, 0.05) is 68.5 Å². The molecule has 3 heterocycles. The molecular formula is C51H36N2S2. The quantitative estimate of drug-likeness (QED) is 0.173. The van der Waals surface area contributed by atoms with Gasteiger partial charge in [0.1, 0.15) is 0 Å². The van der Waals surface area contributed by atoms with Crippen molar-refractivity contribution in [1.82, 2.24) is 0 Å². The molecule has 0 unspecified atom stereocenters. The molecule has 0 saturated carbocycles. The summed E-state index contributed by atoms with van der Waals surface area (Å²) in [6, 6.07) is 66.9. The summed E-state index contributed by atoms with van der Waals surface area (Å²) >= 11 is 3.75. The molecule has 0 saturated heterocycles. The lowest BCUT2D eigenvalue weighted by Gasteiger charge is -2.42. The fraction of sp³-hybridized carbons (Fsp3) is 0.0588. The number of benzene rings is 8. The molecule has 0 bridgehead atoms. The fourth-order valence-electron chi connectivity index (χ4n) is 8.84. The van der Waals surface area contributed by atoms with E-state index in [4.69, 9.17) is 0 Å². The Labute approximate surface area is 328 Å². The van der Waals surface area contributed by atoms with E-state index in [1.54, 1.807) is 0 Å². The summed E-state index contributed by atoms with van der Waals surface area (Å²) in [4.78, 5) is 4.84. The van der Waals surface area contributed by atoms with Gasteiger partial charge < -0.3 is 9.80 Å². The predicted octanol–water partition coefficient (Wildman–Crippen LogP) is 15.7. The number of para-hydroxylation sites is 2. The third-order valence-corrected chi connectivity index (χ3v) is 13.7. The first-order valence-electron chi connectivity index (χ1n) is 18.8. The van der Waals surface area contributed by atoms with Crippen LogP contribution in [0.2, 0.25) is 0 Å². The van der Waals surface area contributed by atoms with Crippen molar-refractivity contribution in [3.8, 4) is 11.1 Å². The molecule has 10 aromatic rings. The average molecular weight is 741 g/mol. The summed E-state index contributed by atoms with van der Waals surface area (Å²) in [5, 5.41) is 5.32. The Morgan fingerprint density at radius 1 is 0.436 bits per heavy atom. The molecule has 0 aliphatic carbocycles. The highest BCUT2D eigenvalue weighted by molar-refractivity contribution is 7.26. The van der Waals surface area contributed by atoms with E-state index in [1.807, 2.05) is 22.7 Å². The summed E-state index contributed by atoms with van der Waals surface area (Å²) in [5.74, 6) is 0. The molecule has 4 heteroatoms. The van der Waals surface area contributed by atoms with Crippen molar-refractivity contribution < 1.29 is 0 Å². The van der Waals surface area contributed by atoms with Crippen LogP contribution < -0.4 is 9.80 Å². The van der Waals surface area contributed by atoms with Crippen LogP contribution in [-0.2, 0) is 5.41 Å². The largest absolute Gasteiger partial charge is 0.310 e. The van der Waals surface area contributed by atoms with E-state index in [9.17, 15) is 0 Å². The molecule has 1 aliphatic heterocycles. The normalized spacial score (nSPS) is 13.4. The van der Waals surface area contributed by atoms with Gasteiger partial charge in [-0.2, -0.15) is 0 Å². The van der Waals surface area contributed by atoms with Crippen LogP contribution in [0.4, 0.5) is 34.1 Å². The minimum atomic E-state index is -0.246. The van der Waals surface area contributed by atoms with Crippen LogP contribution in [0.5, 0.6) is 0 Å². The molecule has 2 aromatic heterocycles. The molecule has 0 radical (unpaired) electrons. The van der Waals surface area contributed by atoms with Crippen molar-refractivity contribution in [3.05, 3.63) is 193 Å².